The Morgan fingerprint density at radius 1 is 1.22 bits per heavy atom. The molecule has 0 saturated heterocycles. The van der Waals surface area contributed by atoms with Gasteiger partial charge < -0.3 is 5.32 Å². The molecule has 96 valence electrons. The van der Waals surface area contributed by atoms with E-state index in [0.717, 1.165) is 6.42 Å². The van der Waals surface area contributed by atoms with E-state index < -0.39 is 0 Å². The van der Waals surface area contributed by atoms with Crippen LogP contribution in [0.4, 0.5) is 0 Å². The van der Waals surface area contributed by atoms with Crippen LogP contribution in [0.25, 0.3) is 0 Å². The summed E-state index contributed by atoms with van der Waals surface area (Å²) in [4.78, 5) is 23.1. The fraction of sp³-hybridized carbons (Fsp3) is 0.333. The van der Waals surface area contributed by atoms with Crippen LogP contribution in [0.2, 0.25) is 0 Å². The fourth-order valence-electron chi connectivity index (χ4n) is 1.57. The zero-order chi connectivity index (χ0) is 13.4. The van der Waals surface area contributed by atoms with E-state index in [4.69, 9.17) is 0 Å². The third kappa shape index (κ3) is 4.53. The summed E-state index contributed by atoms with van der Waals surface area (Å²) >= 11 is 0. The van der Waals surface area contributed by atoms with Crippen molar-refractivity contribution in [3.05, 3.63) is 48.0 Å². The number of amides is 1. The van der Waals surface area contributed by atoms with Gasteiger partial charge in [-0.05, 0) is 12.0 Å². The quantitative estimate of drug-likeness (QED) is 0.592. The summed E-state index contributed by atoms with van der Waals surface area (Å²) in [6.45, 7) is 6.02. The molecule has 0 aliphatic carbocycles. The Bertz CT molecular complexity index is 421. The molecule has 0 saturated carbocycles. The number of hydrogen-bond donors (Lipinski definition) is 1. The molecule has 1 rings (SSSR count). The lowest BCUT2D eigenvalue weighted by Crippen LogP contribution is -2.23. The van der Waals surface area contributed by atoms with Crippen LogP contribution in [0.5, 0.6) is 0 Å². The first-order chi connectivity index (χ1) is 8.67. The van der Waals surface area contributed by atoms with Crippen molar-refractivity contribution in [2.24, 2.45) is 0 Å². The maximum Gasteiger partial charge on any atom is 0.220 e. The second-order valence-electron chi connectivity index (χ2n) is 4.07. The molecule has 1 N–H and O–H groups in total. The molecule has 1 aromatic rings. The van der Waals surface area contributed by atoms with E-state index >= 15 is 0 Å². The lowest BCUT2D eigenvalue weighted by atomic mass is 10.0. The molecule has 0 bridgehead atoms. The number of benzene rings is 1. The highest BCUT2D eigenvalue weighted by Gasteiger charge is 2.08. The predicted octanol–water partition coefficient (Wildman–Crippen LogP) is 2.51. The zero-order valence-electron chi connectivity index (χ0n) is 10.7. The first kappa shape index (κ1) is 14.2. The van der Waals surface area contributed by atoms with Crippen LogP contribution >= 0.6 is 0 Å². The van der Waals surface area contributed by atoms with E-state index in [0.29, 0.717) is 12.1 Å². The Morgan fingerprint density at radius 3 is 2.44 bits per heavy atom. The highest BCUT2D eigenvalue weighted by Crippen LogP contribution is 2.08. The number of carbonyl (C=O) groups excluding carboxylic acids is 2. The largest absolute Gasteiger partial charge is 0.353 e. The highest BCUT2D eigenvalue weighted by molar-refractivity contribution is 5.97. The Morgan fingerprint density at radius 2 is 1.89 bits per heavy atom. The monoisotopic (exact) mass is 245 g/mol. The summed E-state index contributed by atoms with van der Waals surface area (Å²) in [5.41, 5.74) is 1.87. The van der Waals surface area contributed by atoms with Gasteiger partial charge in [0.05, 0.1) is 0 Å². The summed E-state index contributed by atoms with van der Waals surface area (Å²) in [6.07, 6.45) is 3.04. The number of aryl methyl sites for hydroxylation is 1. The molecule has 0 fully saturated rings. The SMILES string of the molecule is C=CCNC(=O)CCC(=O)c1ccc(CC)cc1. The zero-order valence-corrected chi connectivity index (χ0v) is 10.7. The van der Waals surface area contributed by atoms with Gasteiger partial charge in [-0.1, -0.05) is 37.3 Å². The van der Waals surface area contributed by atoms with Crippen molar-refractivity contribution in [2.75, 3.05) is 6.54 Å². The van der Waals surface area contributed by atoms with Gasteiger partial charge in [-0.2, -0.15) is 0 Å². The average Bonchev–Trinajstić information content (AvgIpc) is 2.42. The van der Waals surface area contributed by atoms with Gasteiger partial charge in [0.1, 0.15) is 0 Å². The van der Waals surface area contributed by atoms with E-state index in [-0.39, 0.29) is 24.5 Å². The third-order valence-corrected chi connectivity index (χ3v) is 2.71. The second kappa shape index (κ2) is 7.43. The average molecular weight is 245 g/mol. The lowest BCUT2D eigenvalue weighted by Gasteiger charge is -2.03. The molecule has 0 atom stereocenters. The number of carbonyl (C=O) groups is 2. The van der Waals surface area contributed by atoms with Gasteiger partial charge in [0.2, 0.25) is 5.91 Å². The van der Waals surface area contributed by atoms with Gasteiger partial charge in [-0.25, -0.2) is 0 Å². The van der Waals surface area contributed by atoms with Crippen LogP contribution in [0.1, 0.15) is 35.7 Å². The topological polar surface area (TPSA) is 46.2 Å². The van der Waals surface area contributed by atoms with Crippen molar-refractivity contribution in [3.63, 3.8) is 0 Å². The van der Waals surface area contributed by atoms with Crippen molar-refractivity contribution >= 4 is 11.7 Å². The Kier molecular flexibility index (Phi) is 5.85. The van der Waals surface area contributed by atoms with Gasteiger partial charge in [0, 0.05) is 24.9 Å². The van der Waals surface area contributed by atoms with Gasteiger partial charge in [0.15, 0.2) is 5.78 Å². The molecule has 0 radical (unpaired) electrons. The molecule has 0 aromatic heterocycles. The van der Waals surface area contributed by atoms with Crippen molar-refractivity contribution in [1.29, 1.82) is 0 Å². The molecular formula is C15H19NO2. The van der Waals surface area contributed by atoms with Crippen LogP contribution < -0.4 is 5.32 Å². The molecule has 0 spiro atoms. The molecule has 0 heterocycles. The smallest absolute Gasteiger partial charge is 0.220 e. The van der Waals surface area contributed by atoms with E-state index in [1.54, 1.807) is 6.08 Å². The number of hydrogen-bond acceptors (Lipinski definition) is 2. The van der Waals surface area contributed by atoms with Gasteiger partial charge in [0.25, 0.3) is 0 Å². The summed E-state index contributed by atoms with van der Waals surface area (Å²) in [5.74, 6) is -0.111. The van der Waals surface area contributed by atoms with Crippen LogP contribution in [0.3, 0.4) is 0 Å². The minimum absolute atomic E-state index is 0.00593. The maximum absolute atomic E-state index is 11.8. The Balaban J connectivity index is 2.44. The van der Waals surface area contributed by atoms with Crippen molar-refractivity contribution < 1.29 is 9.59 Å². The standard InChI is InChI=1S/C15H19NO2/c1-3-11-16-15(18)10-9-14(17)13-7-5-12(4-2)6-8-13/h3,5-8H,1,4,9-11H2,2H3,(H,16,18). The van der Waals surface area contributed by atoms with Gasteiger partial charge in [-0.3, -0.25) is 9.59 Å². The van der Waals surface area contributed by atoms with E-state index in [9.17, 15) is 9.59 Å². The molecule has 0 unspecified atom stereocenters. The van der Waals surface area contributed by atoms with Crippen LogP contribution in [0, 0.1) is 0 Å². The molecular weight excluding hydrogens is 226 g/mol. The van der Waals surface area contributed by atoms with Crippen molar-refractivity contribution in [3.8, 4) is 0 Å². The van der Waals surface area contributed by atoms with Gasteiger partial charge >= 0.3 is 0 Å². The maximum atomic E-state index is 11.8. The molecule has 1 amide bonds. The second-order valence-corrected chi connectivity index (χ2v) is 4.07. The summed E-state index contributed by atoms with van der Waals surface area (Å²) in [5, 5.41) is 2.65. The number of Topliss-reactive ketones (excluding diaryl/α,β-unsaturated/α-hetero) is 1. The molecule has 3 heteroatoms. The van der Waals surface area contributed by atoms with Gasteiger partial charge in [-0.15, -0.1) is 6.58 Å². The van der Waals surface area contributed by atoms with Crippen LogP contribution in [-0.4, -0.2) is 18.2 Å². The van der Waals surface area contributed by atoms with Crippen molar-refractivity contribution in [2.45, 2.75) is 26.2 Å². The van der Waals surface area contributed by atoms with E-state index in [2.05, 4.69) is 18.8 Å². The third-order valence-electron chi connectivity index (χ3n) is 2.71. The van der Waals surface area contributed by atoms with Crippen LogP contribution in [0.15, 0.2) is 36.9 Å². The molecule has 18 heavy (non-hydrogen) atoms. The summed E-state index contributed by atoms with van der Waals surface area (Å²) in [6, 6.07) is 7.54. The minimum Gasteiger partial charge on any atom is -0.353 e. The molecule has 0 aliphatic rings. The van der Waals surface area contributed by atoms with E-state index in [1.165, 1.54) is 5.56 Å². The normalized spacial score (nSPS) is 9.83. The van der Waals surface area contributed by atoms with Crippen molar-refractivity contribution in [1.82, 2.24) is 5.32 Å². The lowest BCUT2D eigenvalue weighted by molar-refractivity contribution is -0.120. The molecule has 0 aliphatic heterocycles. The number of nitrogens with one attached hydrogen (secondary N) is 1. The summed E-state index contributed by atoms with van der Waals surface area (Å²) in [7, 11) is 0. The first-order valence-corrected chi connectivity index (χ1v) is 6.17. The fourth-order valence-corrected chi connectivity index (χ4v) is 1.57. The Hall–Kier alpha value is -1.90. The molecule has 1 aromatic carbocycles. The Labute approximate surface area is 108 Å². The van der Waals surface area contributed by atoms with Crippen LogP contribution in [-0.2, 0) is 11.2 Å². The first-order valence-electron chi connectivity index (χ1n) is 6.17. The highest BCUT2D eigenvalue weighted by atomic mass is 16.2. The number of ketones is 1. The molecule has 3 nitrogen and oxygen atoms in total. The summed E-state index contributed by atoms with van der Waals surface area (Å²) < 4.78 is 0. The van der Waals surface area contributed by atoms with E-state index in [1.807, 2.05) is 24.3 Å². The minimum atomic E-state index is -0.117. The number of rotatable bonds is 7. The predicted molar refractivity (Wildman–Crippen MR) is 72.6 cm³/mol.